The van der Waals surface area contributed by atoms with E-state index in [1.54, 1.807) is 0 Å². The first-order valence-electron chi connectivity index (χ1n) is 36.9. The van der Waals surface area contributed by atoms with E-state index in [0.29, 0.717) is 0 Å². The molecule has 0 unspecified atom stereocenters. The van der Waals surface area contributed by atoms with Crippen molar-refractivity contribution in [2.75, 3.05) is 9.80 Å². The molecule has 18 aromatic rings. The number of para-hydroxylation sites is 4. The molecule has 2 aliphatic heterocycles. The molecule has 0 atom stereocenters. The Morgan fingerprint density at radius 2 is 0.543 bits per heavy atom. The standard InChI is InChI=1S/C100H75BN4/c1-99(2,3)71-58-81(64-31-11-7-12-32-64)97(82(59-71)65-33-13-8-14-34-65)104-91-62-73(102-87-47-27-23-43-77(87)78-44-24-28-48-88(78)102)51-53-85(91)101-86-54-52-74(103-89-49-29-25-45-79(89)80-46-26-30-50-90(80)103)63-92(86)105(98-83(66-35-15-9-16-36-66)60-72(100(4,5)6)61-84(98)67-37-17-10-18-38-67)94-57-70(56-93(104)96(94)101)95-75-41-21-19-39-68(75)55-69-40-20-22-42-76(69)95/h7-63H,1-6H3. The highest BCUT2D eigenvalue weighted by Crippen LogP contribution is 2.56. The van der Waals surface area contributed by atoms with Crippen LogP contribution in [0.3, 0.4) is 0 Å². The predicted octanol–water partition coefficient (Wildman–Crippen LogP) is 25.2. The van der Waals surface area contributed by atoms with Crippen molar-refractivity contribution in [3.8, 4) is 67.0 Å². The van der Waals surface area contributed by atoms with Gasteiger partial charge in [0.2, 0.25) is 0 Å². The fourth-order valence-electron chi connectivity index (χ4n) is 17.6. The summed E-state index contributed by atoms with van der Waals surface area (Å²) in [5.41, 5.74) is 30.8. The maximum atomic E-state index is 2.74. The van der Waals surface area contributed by atoms with Crippen molar-refractivity contribution in [3.63, 3.8) is 0 Å². The van der Waals surface area contributed by atoms with E-state index in [-0.39, 0.29) is 17.5 Å². The number of hydrogen-bond acceptors (Lipinski definition) is 2. The minimum absolute atomic E-state index is 0.216. The van der Waals surface area contributed by atoms with E-state index < -0.39 is 0 Å². The zero-order chi connectivity index (χ0) is 70.4. The molecule has 0 aliphatic carbocycles. The Labute approximate surface area is 613 Å². The molecule has 0 saturated heterocycles. The number of aromatic nitrogens is 2. The van der Waals surface area contributed by atoms with Gasteiger partial charge in [0.25, 0.3) is 6.71 Å². The molecule has 4 heterocycles. The molecule has 20 rings (SSSR count). The Morgan fingerprint density at radius 1 is 0.248 bits per heavy atom. The third-order valence-corrected chi connectivity index (χ3v) is 22.5. The first-order chi connectivity index (χ1) is 51.4. The van der Waals surface area contributed by atoms with Crippen LogP contribution in [-0.2, 0) is 10.8 Å². The van der Waals surface area contributed by atoms with Crippen molar-refractivity contribution in [2.45, 2.75) is 52.4 Å². The summed E-state index contributed by atoms with van der Waals surface area (Å²) >= 11 is 0. The predicted molar refractivity (Wildman–Crippen MR) is 449 cm³/mol. The van der Waals surface area contributed by atoms with Crippen LogP contribution in [0, 0.1) is 0 Å². The first-order valence-corrected chi connectivity index (χ1v) is 36.9. The largest absolute Gasteiger partial charge is 0.310 e. The van der Waals surface area contributed by atoms with Gasteiger partial charge in [-0.1, -0.05) is 296 Å². The highest BCUT2D eigenvalue weighted by molar-refractivity contribution is 7.00. The highest BCUT2D eigenvalue weighted by atomic mass is 15.2. The molecule has 0 N–H and O–H groups in total. The summed E-state index contributed by atoms with van der Waals surface area (Å²) in [6, 6.07) is 131. The van der Waals surface area contributed by atoms with Crippen molar-refractivity contribution < 1.29 is 0 Å². The van der Waals surface area contributed by atoms with Crippen LogP contribution in [0.2, 0.25) is 0 Å². The van der Waals surface area contributed by atoms with Gasteiger partial charge < -0.3 is 18.9 Å². The van der Waals surface area contributed by atoms with Crippen molar-refractivity contribution >= 4 is 122 Å². The van der Waals surface area contributed by atoms with Gasteiger partial charge in [-0.15, -0.1) is 0 Å². The van der Waals surface area contributed by atoms with E-state index in [9.17, 15) is 0 Å². The van der Waals surface area contributed by atoms with E-state index in [1.807, 2.05) is 0 Å². The van der Waals surface area contributed by atoms with Crippen molar-refractivity contribution in [1.29, 1.82) is 0 Å². The maximum absolute atomic E-state index is 2.74. The number of anilines is 6. The summed E-state index contributed by atoms with van der Waals surface area (Å²) in [5.74, 6) is 0. The number of rotatable bonds is 9. The molecule has 0 saturated carbocycles. The Kier molecular flexibility index (Phi) is 14.2. The number of fused-ring (bicyclic) bond motifs is 12. The summed E-state index contributed by atoms with van der Waals surface area (Å²) in [6.07, 6.45) is 0. The summed E-state index contributed by atoms with van der Waals surface area (Å²) in [5, 5.41) is 9.67. The van der Waals surface area contributed by atoms with Gasteiger partial charge in [-0.2, -0.15) is 0 Å². The maximum Gasteiger partial charge on any atom is 0.252 e. The molecule has 498 valence electrons. The molecule has 5 heteroatoms. The van der Waals surface area contributed by atoms with Crippen molar-refractivity contribution in [2.24, 2.45) is 0 Å². The van der Waals surface area contributed by atoms with E-state index in [2.05, 4.69) is 406 Å². The quantitative estimate of drug-likeness (QED) is 0.106. The lowest BCUT2D eigenvalue weighted by molar-refractivity contribution is 0.590. The van der Waals surface area contributed by atoms with Gasteiger partial charge in [0.05, 0.1) is 33.4 Å². The molecule has 0 radical (unpaired) electrons. The molecule has 2 aliphatic rings. The zero-order valence-corrected chi connectivity index (χ0v) is 59.8. The lowest BCUT2D eigenvalue weighted by Crippen LogP contribution is -2.61. The minimum Gasteiger partial charge on any atom is -0.310 e. The van der Waals surface area contributed by atoms with Gasteiger partial charge in [0.15, 0.2) is 0 Å². The molecule has 0 bridgehead atoms. The normalized spacial score (nSPS) is 12.8. The molecular weight excluding hydrogens is 1270 g/mol. The molecular formula is C100H75BN4. The number of nitrogens with zero attached hydrogens (tertiary/aromatic N) is 4. The third kappa shape index (κ3) is 9.89. The van der Waals surface area contributed by atoms with Crippen LogP contribution in [-0.4, -0.2) is 15.8 Å². The van der Waals surface area contributed by atoms with Crippen LogP contribution >= 0.6 is 0 Å². The highest BCUT2D eigenvalue weighted by Gasteiger charge is 2.46. The van der Waals surface area contributed by atoms with Crippen molar-refractivity contribution in [1.82, 2.24) is 9.13 Å². The summed E-state index contributed by atoms with van der Waals surface area (Å²) in [4.78, 5) is 5.48. The topological polar surface area (TPSA) is 16.3 Å². The minimum atomic E-state index is -0.284. The third-order valence-electron chi connectivity index (χ3n) is 22.5. The molecule has 0 spiro atoms. The molecule has 0 amide bonds. The van der Waals surface area contributed by atoms with Crippen LogP contribution in [0.5, 0.6) is 0 Å². The fraction of sp³-hybridized carbons (Fsp3) is 0.0800. The average molecular weight is 1340 g/mol. The second kappa shape index (κ2) is 24.0. The Hall–Kier alpha value is -12.7. The van der Waals surface area contributed by atoms with Gasteiger partial charge in [-0.3, -0.25) is 0 Å². The summed E-state index contributed by atoms with van der Waals surface area (Å²) < 4.78 is 5.02. The number of benzene rings is 16. The summed E-state index contributed by atoms with van der Waals surface area (Å²) in [7, 11) is 0. The van der Waals surface area contributed by atoms with E-state index in [0.717, 1.165) is 118 Å². The van der Waals surface area contributed by atoms with Crippen LogP contribution in [0.1, 0.15) is 52.7 Å². The molecule has 16 aromatic carbocycles. The van der Waals surface area contributed by atoms with Gasteiger partial charge >= 0.3 is 0 Å². The van der Waals surface area contributed by atoms with Crippen LogP contribution < -0.4 is 26.2 Å². The van der Waals surface area contributed by atoms with Crippen molar-refractivity contribution in [3.05, 3.63) is 357 Å². The van der Waals surface area contributed by atoms with Gasteiger partial charge in [0, 0.05) is 77.9 Å². The monoisotopic (exact) mass is 1340 g/mol. The second-order valence-corrected chi connectivity index (χ2v) is 30.8. The van der Waals surface area contributed by atoms with Crippen LogP contribution in [0.4, 0.5) is 34.1 Å². The van der Waals surface area contributed by atoms with Crippen LogP contribution in [0.15, 0.2) is 346 Å². The molecule has 0 fully saturated rings. The SMILES string of the molecule is CC(C)(C)c1cc(-c2ccccc2)c(N2c3cc(-n4c5ccccc5c5ccccc54)ccc3B3c4ccc(-n5c6ccccc6c6ccccc65)cc4N(c4c(-c5ccccc5)cc(C(C)(C)C)cc4-c4ccccc4)c4cc(-c5c6ccccc6cc6ccccc56)cc2c43)c(-c2ccccc2)c1. The van der Waals surface area contributed by atoms with Crippen LogP contribution in [0.25, 0.3) is 132 Å². The van der Waals surface area contributed by atoms with E-state index >= 15 is 0 Å². The zero-order valence-electron chi connectivity index (χ0n) is 59.8. The average Bonchev–Trinajstić information content (AvgIpc) is 1.03. The van der Waals surface area contributed by atoms with E-state index in [4.69, 9.17) is 0 Å². The van der Waals surface area contributed by atoms with Gasteiger partial charge in [-0.05, 0) is 184 Å². The Morgan fingerprint density at radius 3 is 0.867 bits per heavy atom. The van der Waals surface area contributed by atoms with Gasteiger partial charge in [-0.25, -0.2) is 0 Å². The summed E-state index contributed by atoms with van der Waals surface area (Å²) in [6.45, 7) is 13.9. The first kappa shape index (κ1) is 62.1. The van der Waals surface area contributed by atoms with Gasteiger partial charge in [0.1, 0.15) is 0 Å². The lowest BCUT2D eigenvalue weighted by atomic mass is 9.33. The Bertz CT molecular complexity index is 5930. The lowest BCUT2D eigenvalue weighted by Gasteiger charge is -2.46. The van der Waals surface area contributed by atoms with E-state index in [1.165, 1.54) is 76.2 Å². The second-order valence-electron chi connectivity index (χ2n) is 30.8. The molecule has 105 heavy (non-hydrogen) atoms. The smallest absolute Gasteiger partial charge is 0.252 e. The molecule has 2 aromatic heterocycles. The Balaban J connectivity index is 1.02. The fourth-order valence-corrected chi connectivity index (χ4v) is 17.6. The number of hydrogen-bond donors (Lipinski definition) is 0. The molecule has 4 nitrogen and oxygen atoms in total.